The number of benzene rings is 1. The number of carbonyl (C=O) groups excluding carboxylic acids is 1. The summed E-state index contributed by atoms with van der Waals surface area (Å²) in [6, 6.07) is 7.65. The maximum Gasteiger partial charge on any atom is 0.275 e. The van der Waals surface area contributed by atoms with Crippen molar-refractivity contribution in [3.8, 4) is 0 Å². The monoisotopic (exact) mass is 325 g/mol. The van der Waals surface area contributed by atoms with Gasteiger partial charge in [-0.2, -0.15) is 5.10 Å². The number of H-pyrrole nitrogens is 1. The molecule has 0 aliphatic carbocycles. The third kappa shape index (κ3) is 2.46. The van der Waals surface area contributed by atoms with E-state index in [0.717, 1.165) is 22.4 Å². The number of nitrogens with zero attached hydrogens (tertiary/aromatic N) is 4. The van der Waals surface area contributed by atoms with E-state index in [0.29, 0.717) is 25.4 Å². The fourth-order valence-electron chi connectivity index (χ4n) is 3.20. The summed E-state index contributed by atoms with van der Waals surface area (Å²) in [5, 5.41) is 7.98. The van der Waals surface area contributed by atoms with Gasteiger partial charge in [0.2, 0.25) is 0 Å². The largest absolute Gasteiger partial charge is 0.367 e. The number of hydrogen-bond acceptors (Lipinski definition) is 4. The van der Waals surface area contributed by atoms with Crippen molar-refractivity contribution < 1.29 is 9.53 Å². The van der Waals surface area contributed by atoms with Gasteiger partial charge in [-0.15, -0.1) is 0 Å². The van der Waals surface area contributed by atoms with Crippen molar-refractivity contribution in [2.75, 3.05) is 19.7 Å². The number of amides is 1. The van der Waals surface area contributed by atoms with Crippen LogP contribution in [0.5, 0.6) is 0 Å². The van der Waals surface area contributed by atoms with E-state index in [4.69, 9.17) is 4.74 Å². The van der Waals surface area contributed by atoms with Crippen LogP contribution in [0.2, 0.25) is 0 Å². The third-order valence-electron chi connectivity index (χ3n) is 4.35. The number of hydrogen-bond donors (Lipinski definition) is 1. The van der Waals surface area contributed by atoms with Crippen molar-refractivity contribution in [3.63, 3.8) is 0 Å². The molecule has 1 unspecified atom stereocenters. The highest BCUT2D eigenvalue weighted by atomic mass is 16.5. The molecule has 2 aromatic heterocycles. The normalized spacial score (nSPS) is 18.2. The summed E-state index contributed by atoms with van der Waals surface area (Å²) in [4.78, 5) is 19.2. The number of morpholine rings is 1. The molecule has 1 aromatic carbocycles. The average molecular weight is 325 g/mol. The van der Waals surface area contributed by atoms with Crippen LogP contribution in [-0.4, -0.2) is 50.3 Å². The first kappa shape index (κ1) is 14.9. The summed E-state index contributed by atoms with van der Waals surface area (Å²) in [6.07, 6.45) is 1.74. The minimum atomic E-state index is -0.216. The number of aromatic nitrogens is 4. The van der Waals surface area contributed by atoms with Crippen molar-refractivity contribution in [3.05, 3.63) is 47.7 Å². The van der Waals surface area contributed by atoms with Gasteiger partial charge in [0.1, 0.15) is 11.9 Å². The molecular weight excluding hydrogens is 306 g/mol. The van der Waals surface area contributed by atoms with Gasteiger partial charge in [0, 0.05) is 25.2 Å². The lowest BCUT2D eigenvalue weighted by Crippen LogP contribution is -2.43. The van der Waals surface area contributed by atoms with Crippen LogP contribution in [0.25, 0.3) is 10.9 Å². The average Bonchev–Trinajstić information content (AvgIpc) is 3.17. The molecule has 1 N–H and O–H groups in total. The molecule has 3 heterocycles. The van der Waals surface area contributed by atoms with Crippen LogP contribution in [0, 0.1) is 6.92 Å². The van der Waals surface area contributed by atoms with Crippen LogP contribution in [-0.2, 0) is 11.8 Å². The van der Waals surface area contributed by atoms with E-state index in [1.54, 1.807) is 4.90 Å². The number of fused-ring (bicyclic) bond motifs is 1. The Morgan fingerprint density at radius 3 is 3.00 bits per heavy atom. The van der Waals surface area contributed by atoms with E-state index in [-0.39, 0.29) is 12.0 Å². The van der Waals surface area contributed by atoms with Crippen LogP contribution < -0.4 is 0 Å². The summed E-state index contributed by atoms with van der Waals surface area (Å²) < 4.78 is 7.79. The molecule has 7 nitrogen and oxygen atoms in total. The lowest BCUT2D eigenvalue weighted by Gasteiger charge is -2.32. The number of ether oxygens (including phenoxy) is 1. The van der Waals surface area contributed by atoms with Crippen LogP contribution >= 0.6 is 0 Å². The SMILES string of the molecule is Cc1cn(C)c(C2CN(C(=O)c3n[nH]c4ccccc34)CCO2)n1. The van der Waals surface area contributed by atoms with Gasteiger partial charge in [0.25, 0.3) is 5.91 Å². The molecule has 24 heavy (non-hydrogen) atoms. The van der Waals surface area contributed by atoms with Gasteiger partial charge in [0.15, 0.2) is 5.69 Å². The highest BCUT2D eigenvalue weighted by Crippen LogP contribution is 2.24. The summed E-state index contributed by atoms with van der Waals surface area (Å²) in [7, 11) is 1.95. The second kappa shape index (κ2) is 5.76. The van der Waals surface area contributed by atoms with Crippen molar-refractivity contribution in [2.24, 2.45) is 7.05 Å². The second-order valence-corrected chi connectivity index (χ2v) is 6.08. The predicted octanol–water partition coefficient (Wildman–Crippen LogP) is 1.82. The lowest BCUT2D eigenvalue weighted by molar-refractivity contribution is -0.0280. The minimum Gasteiger partial charge on any atom is -0.367 e. The topological polar surface area (TPSA) is 76.0 Å². The Balaban J connectivity index is 1.60. The van der Waals surface area contributed by atoms with Gasteiger partial charge in [-0.3, -0.25) is 9.89 Å². The predicted molar refractivity (Wildman–Crippen MR) is 88.6 cm³/mol. The van der Waals surface area contributed by atoms with E-state index >= 15 is 0 Å². The standard InChI is InChI=1S/C17H19N5O2/c1-11-9-21(2)16(18-11)14-10-22(7-8-24-14)17(23)15-12-5-3-4-6-13(12)19-20-15/h3-6,9,14H,7-8,10H2,1-2H3,(H,19,20). The van der Waals surface area contributed by atoms with Crippen LogP contribution in [0.1, 0.15) is 28.1 Å². The third-order valence-corrected chi connectivity index (χ3v) is 4.35. The first-order chi connectivity index (χ1) is 11.6. The summed E-state index contributed by atoms with van der Waals surface area (Å²) >= 11 is 0. The highest BCUT2D eigenvalue weighted by molar-refractivity contribution is 6.04. The summed E-state index contributed by atoms with van der Waals surface area (Å²) in [6.45, 7) is 3.47. The molecule has 3 aromatic rings. The highest BCUT2D eigenvalue weighted by Gasteiger charge is 2.30. The molecule has 1 fully saturated rings. The number of rotatable bonds is 2. The first-order valence-electron chi connectivity index (χ1n) is 7.97. The van der Waals surface area contributed by atoms with Gasteiger partial charge < -0.3 is 14.2 Å². The Hall–Kier alpha value is -2.67. The molecular formula is C17H19N5O2. The second-order valence-electron chi connectivity index (χ2n) is 6.08. The van der Waals surface area contributed by atoms with Crippen molar-refractivity contribution in [1.29, 1.82) is 0 Å². The van der Waals surface area contributed by atoms with Gasteiger partial charge in [-0.25, -0.2) is 4.98 Å². The van der Waals surface area contributed by atoms with Crippen molar-refractivity contribution in [1.82, 2.24) is 24.6 Å². The smallest absolute Gasteiger partial charge is 0.275 e. The molecule has 0 saturated carbocycles. The molecule has 1 saturated heterocycles. The van der Waals surface area contributed by atoms with Gasteiger partial charge in [-0.1, -0.05) is 18.2 Å². The van der Waals surface area contributed by atoms with Crippen LogP contribution in [0.15, 0.2) is 30.5 Å². The van der Waals surface area contributed by atoms with Gasteiger partial charge in [0.05, 0.1) is 24.4 Å². The Kier molecular flexibility index (Phi) is 3.57. The fraction of sp³-hybridized carbons (Fsp3) is 0.353. The van der Waals surface area contributed by atoms with E-state index in [1.807, 2.05) is 49.0 Å². The zero-order chi connectivity index (χ0) is 16.7. The zero-order valence-corrected chi connectivity index (χ0v) is 13.7. The van der Waals surface area contributed by atoms with E-state index < -0.39 is 0 Å². The van der Waals surface area contributed by atoms with Crippen molar-refractivity contribution >= 4 is 16.8 Å². The molecule has 0 spiro atoms. The molecule has 7 heteroatoms. The van der Waals surface area contributed by atoms with E-state index in [9.17, 15) is 4.79 Å². The maximum absolute atomic E-state index is 12.9. The number of nitrogens with one attached hydrogen (secondary N) is 1. The quantitative estimate of drug-likeness (QED) is 0.780. The maximum atomic E-state index is 12.9. The number of imidazole rings is 1. The Morgan fingerprint density at radius 2 is 2.21 bits per heavy atom. The van der Waals surface area contributed by atoms with Crippen LogP contribution in [0.3, 0.4) is 0 Å². The number of aromatic amines is 1. The number of para-hydroxylation sites is 1. The minimum absolute atomic E-state index is 0.0771. The molecule has 1 aliphatic rings. The molecule has 0 bridgehead atoms. The van der Waals surface area contributed by atoms with Gasteiger partial charge in [-0.05, 0) is 13.0 Å². The lowest BCUT2D eigenvalue weighted by atomic mass is 10.1. The Labute approximate surface area is 139 Å². The zero-order valence-electron chi connectivity index (χ0n) is 13.7. The molecule has 1 amide bonds. The summed E-state index contributed by atoms with van der Waals surface area (Å²) in [5.74, 6) is 0.767. The molecule has 4 rings (SSSR count). The van der Waals surface area contributed by atoms with Crippen LogP contribution in [0.4, 0.5) is 0 Å². The van der Waals surface area contributed by atoms with E-state index in [2.05, 4.69) is 15.2 Å². The number of aryl methyl sites for hydroxylation is 2. The van der Waals surface area contributed by atoms with Crippen molar-refractivity contribution in [2.45, 2.75) is 13.0 Å². The fourth-order valence-corrected chi connectivity index (χ4v) is 3.20. The number of carbonyl (C=O) groups is 1. The Bertz CT molecular complexity index is 897. The summed E-state index contributed by atoms with van der Waals surface area (Å²) in [5.41, 5.74) is 2.27. The molecule has 1 atom stereocenters. The molecule has 0 radical (unpaired) electrons. The first-order valence-corrected chi connectivity index (χ1v) is 7.97. The molecule has 1 aliphatic heterocycles. The Morgan fingerprint density at radius 1 is 1.38 bits per heavy atom. The van der Waals surface area contributed by atoms with E-state index in [1.165, 1.54) is 0 Å². The van der Waals surface area contributed by atoms with Gasteiger partial charge >= 0.3 is 0 Å². The molecule has 124 valence electrons.